The minimum atomic E-state index is 0. The van der Waals surface area contributed by atoms with Gasteiger partial charge < -0.3 is 11.1 Å². The van der Waals surface area contributed by atoms with Gasteiger partial charge in [-0.3, -0.25) is 4.79 Å². The molecule has 2 unspecified atom stereocenters. The maximum Gasteiger partial charge on any atom is 0.234 e. The Morgan fingerprint density at radius 3 is 2.65 bits per heavy atom. The van der Waals surface area contributed by atoms with Crippen LogP contribution in [0.5, 0.6) is 0 Å². The minimum Gasteiger partial charge on any atom is -0.351 e. The number of hydrogen-bond acceptors (Lipinski definition) is 4. The molecule has 6 heteroatoms. The first-order valence-electron chi connectivity index (χ1n) is 5.83. The van der Waals surface area contributed by atoms with Crippen molar-refractivity contribution in [1.82, 2.24) is 5.32 Å². The molecule has 3 N–H and O–H groups in total. The molecule has 0 spiro atoms. The molecule has 102 valence electrons. The molecule has 0 aromatic heterocycles. The topological polar surface area (TPSA) is 55.1 Å². The quantitative estimate of drug-likeness (QED) is 0.812. The first-order valence-corrected chi connectivity index (χ1v) is 8.03. The Kier molecular flexibility index (Phi) is 9.59. The summed E-state index contributed by atoms with van der Waals surface area (Å²) in [6, 6.07) is 0.139. The van der Waals surface area contributed by atoms with Gasteiger partial charge in [0.25, 0.3) is 0 Å². The van der Waals surface area contributed by atoms with E-state index in [9.17, 15) is 4.79 Å². The minimum absolute atomic E-state index is 0. The molecule has 0 aliphatic carbocycles. The fraction of sp³-hybridized carbons (Fsp3) is 0.909. The molecule has 2 atom stereocenters. The van der Waals surface area contributed by atoms with Crippen molar-refractivity contribution in [3.05, 3.63) is 0 Å². The number of carbonyl (C=O) groups excluding carboxylic acids is 1. The normalized spacial score (nSPS) is 21.8. The average molecular weight is 299 g/mol. The molecule has 1 saturated heterocycles. The Labute approximate surface area is 119 Å². The van der Waals surface area contributed by atoms with Gasteiger partial charge in [0.15, 0.2) is 0 Å². The van der Waals surface area contributed by atoms with E-state index in [1.165, 1.54) is 5.75 Å². The lowest BCUT2D eigenvalue weighted by Gasteiger charge is -2.24. The third kappa shape index (κ3) is 6.79. The lowest BCUT2D eigenvalue weighted by Crippen LogP contribution is -2.46. The summed E-state index contributed by atoms with van der Waals surface area (Å²) in [5.41, 5.74) is 5.67. The van der Waals surface area contributed by atoms with Crippen LogP contribution in [-0.2, 0) is 4.79 Å². The van der Waals surface area contributed by atoms with Crippen LogP contribution in [0.1, 0.15) is 20.3 Å². The van der Waals surface area contributed by atoms with Gasteiger partial charge in [0.05, 0.1) is 5.25 Å². The SMILES string of the molecule is CC(C)CC(CN)NC(=O)C1CSCCS1.Cl. The molecule has 0 saturated carbocycles. The van der Waals surface area contributed by atoms with Gasteiger partial charge >= 0.3 is 0 Å². The number of halogens is 1. The van der Waals surface area contributed by atoms with Crippen molar-refractivity contribution in [2.24, 2.45) is 11.7 Å². The van der Waals surface area contributed by atoms with Crippen molar-refractivity contribution in [1.29, 1.82) is 0 Å². The Morgan fingerprint density at radius 2 is 2.18 bits per heavy atom. The van der Waals surface area contributed by atoms with Crippen molar-refractivity contribution in [3.8, 4) is 0 Å². The molecule has 1 amide bonds. The number of rotatable bonds is 5. The van der Waals surface area contributed by atoms with Gasteiger partial charge in [-0.1, -0.05) is 13.8 Å². The number of nitrogens with two attached hydrogens (primary N) is 1. The average Bonchev–Trinajstić information content (AvgIpc) is 2.28. The molecule has 3 nitrogen and oxygen atoms in total. The van der Waals surface area contributed by atoms with Crippen molar-refractivity contribution >= 4 is 41.8 Å². The monoisotopic (exact) mass is 298 g/mol. The Morgan fingerprint density at radius 1 is 1.47 bits per heavy atom. The lowest BCUT2D eigenvalue weighted by molar-refractivity contribution is -0.120. The molecule has 1 aliphatic rings. The Bertz CT molecular complexity index is 224. The van der Waals surface area contributed by atoms with Crippen LogP contribution in [-0.4, -0.2) is 41.0 Å². The second-order valence-corrected chi connectivity index (χ2v) is 6.97. The highest BCUT2D eigenvalue weighted by Gasteiger charge is 2.24. The predicted molar refractivity (Wildman–Crippen MR) is 81.3 cm³/mol. The highest BCUT2D eigenvalue weighted by molar-refractivity contribution is 8.07. The number of carbonyl (C=O) groups is 1. The van der Waals surface area contributed by atoms with E-state index in [1.54, 1.807) is 11.8 Å². The smallest absolute Gasteiger partial charge is 0.234 e. The molecule has 1 fully saturated rings. The summed E-state index contributed by atoms with van der Waals surface area (Å²) in [5, 5.41) is 3.19. The largest absolute Gasteiger partial charge is 0.351 e. The van der Waals surface area contributed by atoms with E-state index in [0.717, 1.165) is 17.9 Å². The van der Waals surface area contributed by atoms with Crippen LogP contribution < -0.4 is 11.1 Å². The Hall–Kier alpha value is 0.420. The van der Waals surface area contributed by atoms with Gasteiger partial charge in [-0.15, -0.1) is 24.2 Å². The van der Waals surface area contributed by atoms with E-state index in [-0.39, 0.29) is 29.6 Å². The first-order chi connectivity index (χ1) is 7.63. The summed E-state index contributed by atoms with van der Waals surface area (Å²) >= 11 is 3.64. The number of amides is 1. The van der Waals surface area contributed by atoms with Crippen LogP contribution in [0.4, 0.5) is 0 Å². The molecular weight excluding hydrogens is 276 g/mol. The summed E-state index contributed by atoms with van der Waals surface area (Å²) < 4.78 is 0. The zero-order chi connectivity index (χ0) is 12.0. The highest BCUT2D eigenvalue weighted by Crippen LogP contribution is 2.24. The van der Waals surface area contributed by atoms with Crippen LogP contribution in [0.15, 0.2) is 0 Å². The lowest BCUT2D eigenvalue weighted by atomic mass is 10.0. The third-order valence-electron chi connectivity index (χ3n) is 2.50. The molecule has 17 heavy (non-hydrogen) atoms. The van der Waals surface area contributed by atoms with Gasteiger partial charge in [0, 0.05) is 29.8 Å². The highest BCUT2D eigenvalue weighted by atomic mass is 35.5. The van der Waals surface area contributed by atoms with Crippen LogP contribution in [0, 0.1) is 5.92 Å². The van der Waals surface area contributed by atoms with Crippen molar-refractivity contribution < 1.29 is 4.79 Å². The summed E-state index contributed by atoms with van der Waals surface area (Å²) in [6.07, 6.45) is 0.965. The van der Waals surface area contributed by atoms with E-state index in [0.29, 0.717) is 12.5 Å². The molecule has 0 aromatic rings. The summed E-state index contributed by atoms with van der Waals surface area (Å²) in [7, 11) is 0. The molecular formula is C11H23ClN2OS2. The molecule has 0 radical (unpaired) electrons. The zero-order valence-electron chi connectivity index (χ0n) is 10.5. The molecule has 1 rings (SSSR count). The van der Waals surface area contributed by atoms with Crippen LogP contribution in [0.3, 0.4) is 0 Å². The molecule has 0 aromatic carbocycles. The van der Waals surface area contributed by atoms with Crippen molar-refractivity contribution in [3.63, 3.8) is 0 Å². The zero-order valence-corrected chi connectivity index (χ0v) is 12.9. The van der Waals surface area contributed by atoms with E-state index >= 15 is 0 Å². The third-order valence-corrected chi connectivity index (χ3v) is 5.25. The van der Waals surface area contributed by atoms with Crippen molar-refractivity contribution in [2.75, 3.05) is 23.8 Å². The second kappa shape index (κ2) is 9.36. The van der Waals surface area contributed by atoms with E-state index in [1.807, 2.05) is 11.8 Å². The molecule has 1 heterocycles. The van der Waals surface area contributed by atoms with Gasteiger partial charge in [-0.25, -0.2) is 0 Å². The first kappa shape index (κ1) is 17.4. The fourth-order valence-corrected chi connectivity index (χ4v) is 4.28. The maximum atomic E-state index is 11.9. The van der Waals surface area contributed by atoms with Crippen molar-refractivity contribution in [2.45, 2.75) is 31.6 Å². The summed E-state index contributed by atoms with van der Waals surface area (Å²) in [5.74, 6) is 3.94. The van der Waals surface area contributed by atoms with Gasteiger partial charge in [-0.2, -0.15) is 11.8 Å². The fourth-order valence-electron chi connectivity index (χ4n) is 1.72. The van der Waals surface area contributed by atoms with Crippen LogP contribution in [0.25, 0.3) is 0 Å². The van der Waals surface area contributed by atoms with E-state index < -0.39 is 0 Å². The van der Waals surface area contributed by atoms with Gasteiger partial charge in [0.1, 0.15) is 0 Å². The van der Waals surface area contributed by atoms with Gasteiger partial charge in [-0.05, 0) is 12.3 Å². The maximum absolute atomic E-state index is 11.9. The molecule has 0 bridgehead atoms. The summed E-state index contributed by atoms with van der Waals surface area (Å²) in [6.45, 7) is 4.84. The van der Waals surface area contributed by atoms with Crippen LogP contribution in [0.2, 0.25) is 0 Å². The predicted octanol–water partition coefficient (Wildman–Crippen LogP) is 1.75. The van der Waals surface area contributed by atoms with E-state index in [4.69, 9.17) is 5.73 Å². The van der Waals surface area contributed by atoms with E-state index in [2.05, 4.69) is 19.2 Å². The second-order valence-electron chi connectivity index (χ2n) is 4.51. The molecule has 1 aliphatic heterocycles. The summed E-state index contributed by atoms with van der Waals surface area (Å²) in [4.78, 5) is 11.9. The number of thioether (sulfide) groups is 2. The van der Waals surface area contributed by atoms with Crippen LogP contribution >= 0.6 is 35.9 Å². The number of nitrogens with one attached hydrogen (secondary N) is 1. The van der Waals surface area contributed by atoms with Gasteiger partial charge in [0.2, 0.25) is 5.91 Å². The standard InChI is InChI=1S/C11H22N2OS2.ClH/c1-8(2)5-9(6-12)13-11(14)10-7-15-3-4-16-10;/h8-10H,3-7,12H2,1-2H3,(H,13,14);1H. The number of hydrogen-bond donors (Lipinski definition) is 2. The Balaban J connectivity index is 0.00000256.